The van der Waals surface area contributed by atoms with Crippen molar-refractivity contribution in [1.29, 1.82) is 0 Å². The fraction of sp³-hybridized carbons (Fsp3) is 0.438. The molecule has 3 aromatic heterocycles. The summed E-state index contributed by atoms with van der Waals surface area (Å²) in [5, 5.41) is 18.7. The summed E-state index contributed by atoms with van der Waals surface area (Å²) >= 11 is 0. The first kappa shape index (κ1) is 20.1. The molecule has 0 atom stereocenters. The smallest absolute Gasteiger partial charge is 0.228 e. The zero-order valence-corrected chi connectivity index (χ0v) is 17.3. The van der Waals surface area contributed by atoms with Crippen LogP contribution >= 0.6 is 24.0 Å². The minimum atomic E-state index is 0. The predicted molar refractivity (Wildman–Crippen MR) is 109 cm³/mol. The van der Waals surface area contributed by atoms with Gasteiger partial charge in [-0.2, -0.15) is 4.98 Å². The standard InChI is InChI=1S/C16H22N8O.HI/c1-11(2)15-20-14(25-23-15)7-8-18-16(17-3)19-10-13-22-21-12-6-4-5-9-24(12)13;/h4-6,9,11H,7-8,10H2,1-3H3,(H2,17,18,19);1H. The molecule has 3 heterocycles. The normalized spacial score (nSPS) is 11.6. The van der Waals surface area contributed by atoms with E-state index in [2.05, 4.69) is 36.0 Å². The second-order valence-electron chi connectivity index (χ2n) is 5.85. The molecule has 140 valence electrons. The number of nitrogens with one attached hydrogen (secondary N) is 2. The Morgan fingerprint density at radius 1 is 1.27 bits per heavy atom. The second-order valence-corrected chi connectivity index (χ2v) is 5.85. The van der Waals surface area contributed by atoms with Gasteiger partial charge < -0.3 is 15.2 Å². The fourth-order valence-corrected chi connectivity index (χ4v) is 2.29. The molecule has 0 radical (unpaired) electrons. The van der Waals surface area contributed by atoms with Crippen molar-refractivity contribution in [2.75, 3.05) is 13.6 Å². The molecule has 0 amide bonds. The Labute approximate surface area is 168 Å². The van der Waals surface area contributed by atoms with Gasteiger partial charge in [0.25, 0.3) is 0 Å². The summed E-state index contributed by atoms with van der Waals surface area (Å²) in [6, 6.07) is 5.80. The van der Waals surface area contributed by atoms with E-state index in [0.29, 0.717) is 31.4 Å². The van der Waals surface area contributed by atoms with Gasteiger partial charge in [-0.3, -0.25) is 9.39 Å². The summed E-state index contributed by atoms with van der Waals surface area (Å²) in [6.45, 7) is 5.22. The summed E-state index contributed by atoms with van der Waals surface area (Å²) in [5.74, 6) is 3.11. The van der Waals surface area contributed by atoms with Crippen LogP contribution in [0, 0.1) is 0 Å². The van der Waals surface area contributed by atoms with E-state index in [9.17, 15) is 0 Å². The van der Waals surface area contributed by atoms with E-state index in [1.807, 2.05) is 42.6 Å². The highest BCUT2D eigenvalue weighted by molar-refractivity contribution is 14.0. The Morgan fingerprint density at radius 3 is 2.85 bits per heavy atom. The first-order chi connectivity index (χ1) is 12.2. The molecule has 0 saturated heterocycles. The summed E-state index contributed by atoms with van der Waals surface area (Å²) < 4.78 is 7.16. The molecule has 10 heteroatoms. The summed E-state index contributed by atoms with van der Waals surface area (Å²) in [6.07, 6.45) is 2.57. The third kappa shape index (κ3) is 4.90. The van der Waals surface area contributed by atoms with Crippen LogP contribution in [-0.4, -0.2) is 44.3 Å². The molecule has 2 N–H and O–H groups in total. The van der Waals surface area contributed by atoms with Crippen LogP contribution in [0.15, 0.2) is 33.9 Å². The Bertz CT molecular complexity index is 857. The van der Waals surface area contributed by atoms with Crippen LogP contribution in [0.3, 0.4) is 0 Å². The van der Waals surface area contributed by atoms with Crippen molar-refractivity contribution in [3.63, 3.8) is 0 Å². The highest BCUT2D eigenvalue weighted by Gasteiger charge is 2.10. The molecule has 3 rings (SSSR count). The number of aliphatic imine (C=N–C) groups is 1. The summed E-state index contributed by atoms with van der Waals surface area (Å²) in [5.41, 5.74) is 0.819. The summed E-state index contributed by atoms with van der Waals surface area (Å²) in [7, 11) is 1.72. The lowest BCUT2D eigenvalue weighted by Gasteiger charge is -2.10. The third-order valence-electron chi connectivity index (χ3n) is 3.65. The van der Waals surface area contributed by atoms with Crippen molar-refractivity contribution in [3.05, 3.63) is 41.9 Å². The van der Waals surface area contributed by atoms with Crippen molar-refractivity contribution in [3.8, 4) is 0 Å². The molecule has 0 saturated carbocycles. The van der Waals surface area contributed by atoms with Gasteiger partial charge in [-0.05, 0) is 12.1 Å². The number of aromatic nitrogens is 5. The fourth-order valence-electron chi connectivity index (χ4n) is 2.29. The minimum Gasteiger partial charge on any atom is -0.356 e. The van der Waals surface area contributed by atoms with Crippen LogP contribution in [0.25, 0.3) is 5.65 Å². The van der Waals surface area contributed by atoms with Crippen LogP contribution in [0.4, 0.5) is 0 Å². The maximum Gasteiger partial charge on any atom is 0.228 e. The lowest BCUT2D eigenvalue weighted by atomic mass is 10.2. The molecule has 0 aliphatic heterocycles. The van der Waals surface area contributed by atoms with E-state index in [1.165, 1.54) is 0 Å². The maximum atomic E-state index is 5.23. The molecule has 0 unspecified atom stereocenters. The zero-order valence-electron chi connectivity index (χ0n) is 15.0. The summed E-state index contributed by atoms with van der Waals surface area (Å²) in [4.78, 5) is 8.56. The SMILES string of the molecule is CN=C(NCCc1nc(C(C)C)no1)NCc1nnc2ccccn12.I. The highest BCUT2D eigenvalue weighted by Crippen LogP contribution is 2.09. The van der Waals surface area contributed by atoms with Crippen LogP contribution in [-0.2, 0) is 13.0 Å². The lowest BCUT2D eigenvalue weighted by molar-refractivity contribution is 0.371. The van der Waals surface area contributed by atoms with Crippen molar-refractivity contribution in [2.24, 2.45) is 4.99 Å². The molecule has 0 spiro atoms. The predicted octanol–water partition coefficient (Wildman–Crippen LogP) is 1.76. The minimum absolute atomic E-state index is 0. The number of guanidine groups is 1. The van der Waals surface area contributed by atoms with Crippen LogP contribution in [0.5, 0.6) is 0 Å². The Balaban J connectivity index is 0.00000243. The largest absolute Gasteiger partial charge is 0.356 e. The average Bonchev–Trinajstić information content (AvgIpc) is 3.25. The third-order valence-corrected chi connectivity index (χ3v) is 3.65. The van der Waals surface area contributed by atoms with Gasteiger partial charge in [0.1, 0.15) is 0 Å². The number of nitrogens with zero attached hydrogens (tertiary/aromatic N) is 6. The highest BCUT2D eigenvalue weighted by atomic mass is 127. The Morgan fingerprint density at radius 2 is 2.12 bits per heavy atom. The molecule has 0 aliphatic carbocycles. The zero-order chi connectivity index (χ0) is 17.6. The van der Waals surface area contributed by atoms with Gasteiger partial charge in [0, 0.05) is 32.1 Å². The number of fused-ring (bicyclic) bond motifs is 1. The van der Waals surface area contributed by atoms with E-state index in [0.717, 1.165) is 17.3 Å². The molecule has 0 aliphatic rings. The van der Waals surface area contributed by atoms with Gasteiger partial charge >= 0.3 is 0 Å². The molecular weight excluding hydrogens is 447 g/mol. The van der Waals surface area contributed by atoms with E-state index >= 15 is 0 Å². The monoisotopic (exact) mass is 470 g/mol. The molecule has 0 aromatic carbocycles. The number of halogens is 1. The first-order valence-corrected chi connectivity index (χ1v) is 8.23. The van der Waals surface area contributed by atoms with Gasteiger partial charge in [-0.25, -0.2) is 0 Å². The van der Waals surface area contributed by atoms with E-state index in [-0.39, 0.29) is 29.9 Å². The average molecular weight is 470 g/mol. The second kappa shape index (κ2) is 9.46. The van der Waals surface area contributed by atoms with Crippen LogP contribution < -0.4 is 10.6 Å². The van der Waals surface area contributed by atoms with Gasteiger partial charge in [0.15, 0.2) is 23.3 Å². The van der Waals surface area contributed by atoms with E-state index < -0.39 is 0 Å². The van der Waals surface area contributed by atoms with Gasteiger partial charge in [-0.15, -0.1) is 34.2 Å². The van der Waals surface area contributed by atoms with Crippen molar-refractivity contribution >= 4 is 35.6 Å². The van der Waals surface area contributed by atoms with Crippen molar-refractivity contribution < 1.29 is 4.52 Å². The first-order valence-electron chi connectivity index (χ1n) is 8.23. The molecule has 0 bridgehead atoms. The quantitative estimate of drug-likeness (QED) is 0.321. The number of pyridine rings is 1. The molecule has 9 nitrogen and oxygen atoms in total. The number of hydrogen-bond acceptors (Lipinski definition) is 6. The van der Waals surface area contributed by atoms with Crippen LogP contribution in [0.1, 0.15) is 37.3 Å². The lowest BCUT2D eigenvalue weighted by Crippen LogP contribution is -2.38. The van der Waals surface area contributed by atoms with Crippen molar-refractivity contribution in [1.82, 2.24) is 35.4 Å². The molecular formula is C16H23IN8O. The maximum absolute atomic E-state index is 5.23. The van der Waals surface area contributed by atoms with Crippen LogP contribution in [0.2, 0.25) is 0 Å². The molecule has 0 fully saturated rings. The van der Waals surface area contributed by atoms with E-state index in [1.54, 1.807) is 7.05 Å². The molecule has 26 heavy (non-hydrogen) atoms. The Hall–Kier alpha value is -2.24. The molecule has 3 aromatic rings. The van der Waals surface area contributed by atoms with Gasteiger partial charge in [-0.1, -0.05) is 25.1 Å². The number of rotatable bonds is 6. The van der Waals surface area contributed by atoms with Gasteiger partial charge in [0.2, 0.25) is 5.89 Å². The Kier molecular flexibility index (Phi) is 7.30. The topological polar surface area (TPSA) is 106 Å². The van der Waals surface area contributed by atoms with Crippen molar-refractivity contribution in [2.45, 2.75) is 32.7 Å². The number of hydrogen-bond donors (Lipinski definition) is 2. The van der Waals surface area contributed by atoms with E-state index in [4.69, 9.17) is 4.52 Å². The van der Waals surface area contributed by atoms with Gasteiger partial charge in [0.05, 0.1) is 6.54 Å².